The zero-order valence-corrected chi connectivity index (χ0v) is 16.6. The van der Waals surface area contributed by atoms with Crippen molar-refractivity contribution >= 4 is 45.2 Å². The van der Waals surface area contributed by atoms with Crippen LogP contribution in [0.3, 0.4) is 0 Å². The zero-order valence-electron chi connectivity index (χ0n) is 12.2. The van der Waals surface area contributed by atoms with Gasteiger partial charge in [-0.05, 0) is 57.3 Å². The normalized spacial score (nSPS) is 12.8. The Morgan fingerprint density at radius 1 is 0.923 bits per heavy atom. The van der Waals surface area contributed by atoms with Gasteiger partial charge in [-0.1, -0.05) is 18.2 Å². The first-order valence-electron chi connectivity index (χ1n) is 6.58. The highest BCUT2D eigenvalue weighted by Crippen LogP contribution is 2.56. The van der Waals surface area contributed by atoms with E-state index in [9.17, 15) is 30.7 Å². The topological polar surface area (TPSA) is 23.8 Å². The average Bonchev–Trinajstić information content (AvgIpc) is 2.51. The molecule has 0 unspecified atom stereocenters. The molecule has 137 valence electrons. The molecule has 0 aliphatic rings. The first-order valence-corrected chi connectivity index (χ1v) is 8.74. The van der Waals surface area contributed by atoms with Crippen LogP contribution in [-0.4, -0.2) is 12.4 Å². The van der Waals surface area contributed by atoms with Gasteiger partial charge < -0.3 is 0 Å². The van der Waals surface area contributed by atoms with Crippen molar-refractivity contribution in [2.45, 2.75) is 18.0 Å². The number of hydrogen-bond donors (Lipinski definition) is 0. The predicted molar refractivity (Wildman–Crippen MR) is 95.8 cm³/mol. The molecule has 2 aromatic carbocycles. The minimum absolute atomic E-state index is 0.129. The minimum atomic E-state index is -6.25. The monoisotopic (exact) mass is 598 g/mol. The molecule has 0 N–H and O–H groups in total. The second-order valence-corrected chi connectivity index (χ2v) is 7.27. The van der Waals surface area contributed by atoms with Crippen molar-refractivity contribution in [3.05, 3.63) is 54.7 Å². The lowest BCUT2D eigenvalue weighted by molar-refractivity contribution is -0.348. The van der Waals surface area contributed by atoms with E-state index in [1.165, 1.54) is 63.4 Å². The third kappa shape index (κ3) is 3.51. The summed E-state index contributed by atoms with van der Waals surface area (Å²) in [5.74, 6) is 0. The van der Waals surface area contributed by atoms with Crippen LogP contribution in [0.5, 0.6) is 0 Å². The van der Waals surface area contributed by atoms with Gasteiger partial charge in [0.1, 0.15) is 0 Å². The molecule has 0 bridgehead atoms. The van der Waals surface area contributed by atoms with Crippen LogP contribution in [0.1, 0.15) is 11.1 Å². The molecule has 0 aliphatic heterocycles. The SMILES string of the molecule is N#Cc1ccccc1-c1c(I)[c]c(I)cc1C(F)(C(F)(F)F)C(F)(F)F. The summed E-state index contributed by atoms with van der Waals surface area (Å²) in [5, 5.41) is 9.14. The van der Waals surface area contributed by atoms with Crippen LogP contribution in [-0.2, 0) is 5.67 Å². The van der Waals surface area contributed by atoms with Crippen molar-refractivity contribution in [2.24, 2.45) is 0 Å². The third-order valence-electron chi connectivity index (χ3n) is 3.46. The van der Waals surface area contributed by atoms with E-state index in [0.29, 0.717) is 6.07 Å². The maximum atomic E-state index is 14.7. The number of benzene rings is 2. The molecule has 2 aromatic rings. The lowest BCUT2D eigenvalue weighted by Gasteiger charge is -2.32. The third-order valence-corrected chi connectivity index (χ3v) is 4.85. The quantitative estimate of drug-likeness (QED) is 0.286. The molecule has 2 rings (SSSR count). The van der Waals surface area contributed by atoms with Gasteiger partial charge in [0, 0.05) is 29.9 Å². The van der Waals surface area contributed by atoms with Crippen LogP contribution >= 0.6 is 45.2 Å². The highest BCUT2D eigenvalue weighted by Gasteiger charge is 2.74. The number of rotatable bonds is 2. The fraction of sp³-hybridized carbons (Fsp3) is 0.188. The van der Waals surface area contributed by atoms with E-state index in [1.807, 2.05) is 0 Å². The Hall–Kier alpha value is -1.10. The summed E-state index contributed by atoms with van der Waals surface area (Å²) in [4.78, 5) is 0. The summed E-state index contributed by atoms with van der Waals surface area (Å²) in [7, 11) is 0. The van der Waals surface area contributed by atoms with E-state index >= 15 is 0 Å². The van der Waals surface area contributed by atoms with E-state index in [0.717, 1.165) is 6.07 Å². The molecule has 0 spiro atoms. The van der Waals surface area contributed by atoms with Gasteiger partial charge in [0.15, 0.2) is 0 Å². The van der Waals surface area contributed by atoms with Crippen molar-refractivity contribution in [3.8, 4) is 17.2 Å². The van der Waals surface area contributed by atoms with Crippen molar-refractivity contribution in [3.63, 3.8) is 0 Å². The summed E-state index contributed by atoms with van der Waals surface area (Å²) < 4.78 is 93.9. The highest BCUT2D eigenvalue weighted by molar-refractivity contribution is 14.1. The standard InChI is InChI=1S/C16H5F7I2N/c17-14(15(18,19)20,16(21,22)23)11-5-9(24)6-12(25)13(11)10-4-2-1-3-8(10)7-26/h1-5H. The van der Waals surface area contributed by atoms with E-state index in [1.54, 1.807) is 6.07 Å². The number of halogens is 9. The van der Waals surface area contributed by atoms with Gasteiger partial charge in [-0.2, -0.15) is 31.6 Å². The number of alkyl halides is 7. The molecule has 1 nitrogen and oxygen atoms in total. The molecule has 0 saturated carbocycles. The zero-order chi connectivity index (χ0) is 19.9. The molecule has 0 aromatic heterocycles. The Bertz CT molecular complexity index is 868. The van der Waals surface area contributed by atoms with Gasteiger partial charge in [-0.3, -0.25) is 0 Å². The summed E-state index contributed by atoms with van der Waals surface area (Å²) in [6, 6.07) is 9.80. The minimum Gasteiger partial charge on any atom is -0.218 e. The molecule has 10 heteroatoms. The first-order chi connectivity index (χ1) is 11.8. The van der Waals surface area contributed by atoms with Crippen LogP contribution < -0.4 is 0 Å². The largest absolute Gasteiger partial charge is 0.435 e. The van der Waals surface area contributed by atoms with Gasteiger partial charge in [-0.15, -0.1) is 0 Å². The van der Waals surface area contributed by atoms with Crippen molar-refractivity contribution in [1.29, 1.82) is 5.26 Å². The van der Waals surface area contributed by atoms with E-state index in [2.05, 4.69) is 6.07 Å². The Labute approximate surface area is 170 Å². The number of nitriles is 1. The summed E-state index contributed by atoms with van der Waals surface area (Å²) in [6.45, 7) is 0. The lowest BCUT2D eigenvalue weighted by atomic mass is 9.86. The molecule has 0 amide bonds. The Balaban J connectivity index is 3.01. The second-order valence-electron chi connectivity index (χ2n) is 5.03. The van der Waals surface area contributed by atoms with Crippen LogP contribution in [0.4, 0.5) is 30.7 Å². The van der Waals surface area contributed by atoms with Crippen LogP contribution in [0.2, 0.25) is 0 Å². The molecule has 0 fully saturated rings. The second kappa shape index (κ2) is 7.14. The maximum Gasteiger partial charge on any atom is 0.435 e. The van der Waals surface area contributed by atoms with Crippen LogP contribution in [0, 0.1) is 24.5 Å². The van der Waals surface area contributed by atoms with Gasteiger partial charge in [0.25, 0.3) is 0 Å². The summed E-state index contributed by atoms with van der Waals surface area (Å²) in [5.41, 5.74) is -8.31. The van der Waals surface area contributed by atoms with E-state index in [4.69, 9.17) is 5.26 Å². The van der Waals surface area contributed by atoms with Crippen LogP contribution in [0.15, 0.2) is 30.3 Å². The van der Waals surface area contributed by atoms with Gasteiger partial charge in [0.2, 0.25) is 0 Å². The first kappa shape index (κ1) is 21.2. The Kier molecular flexibility index (Phi) is 5.82. The van der Waals surface area contributed by atoms with Gasteiger partial charge >= 0.3 is 18.0 Å². The van der Waals surface area contributed by atoms with Crippen molar-refractivity contribution in [2.75, 3.05) is 0 Å². The summed E-state index contributed by atoms with van der Waals surface area (Å²) >= 11 is 2.93. The fourth-order valence-electron chi connectivity index (χ4n) is 2.32. The van der Waals surface area contributed by atoms with E-state index in [-0.39, 0.29) is 18.3 Å². The Morgan fingerprint density at radius 3 is 1.96 bits per heavy atom. The van der Waals surface area contributed by atoms with Gasteiger partial charge in [-0.25, -0.2) is 4.39 Å². The van der Waals surface area contributed by atoms with Gasteiger partial charge in [0.05, 0.1) is 11.6 Å². The molecule has 0 atom stereocenters. The molecule has 0 saturated heterocycles. The molecule has 0 heterocycles. The fourth-order valence-corrected chi connectivity index (χ4v) is 4.29. The molecule has 0 aliphatic carbocycles. The maximum absolute atomic E-state index is 14.7. The molecule has 26 heavy (non-hydrogen) atoms. The average molecular weight is 598 g/mol. The Morgan fingerprint density at radius 2 is 1.46 bits per heavy atom. The predicted octanol–water partition coefficient (Wildman–Crippen LogP) is 6.52. The smallest absolute Gasteiger partial charge is 0.218 e. The van der Waals surface area contributed by atoms with E-state index < -0.39 is 29.1 Å². The number of nitrogens with zero attached hydrogens (tertiary/aromatic N) is 1. The summed E-state index contributed by atoms with van der Waals surface area (Å²) in [6.07, 6.45) is -12.5. The lowest BCUT2D eigenvalue weighted by Crippen LogP contribution is -2.50. The molecular weight excluding hydrogens is 593 g/mol. The van der Waals surface area contributed by atoms with Crippen molar-refractivity contribution in [1.82, 2.24) is 0 Å². The molecular formula is C16H5F7I2N. The van der Waals surface area contributed by atoms with Crippen LogP contribution in [0.25, 0.3) is 11.1 Å². The number of hydrogen-bond acceptors (Lipinski definition) is 1. The molecule has 1 radical (unpaired) electrons. The van der Waals surface area contributed by atoms with Crippen molar-refractivity contribution < 1.29 is 30.7 Å². The highest BCUT2D eigenvalue weighted by atomic mass is 127.